The second-order valence-electron chi connectivity index (χ2n) is 2.71. The fourth-order valence-electron chi connectivity index (χ4n) is 1.02. The highest BCUT2D eigenvalue weighted by Crippen LogP contribution is 2.24. The summed E-state index contributed by atoms with van der Waals surface area (Å²) in [7, 11) is 0. The van der Waals surface area contributed by atoms with E-state index in [-0.39, 0.29) is 11.3 Å². The monoisotopic (exact) mass is 198 g/mol. The lowest BCUT2D eigenvalue weighted by atomic mass is 10.1. The van der Waals surface area contributed by atoms with Crippen LogP contribution in [0, 0.1) is 15.9 Å². The molecule has 0 heterocycles. The zero-order chi connectivity index (χ0) is 10.9. The molecule has 0 bridgehead atoms. The number of carbonyl (C=O) groups excluding carboxylic acids is 1. The summed E-state index contributed by atoms with van der Waals surface area (Å²) in [6.45, 7) is 1.11. The van der Waals surface area contributed by atoms with Gasteiger partial charge >= 0.3 is 5.69 Å². The highest BCUT2D eigenvalue weighted by molar-refractivity contribution is 5.96. The Balaban J connectivity index is 3.47. The van der Waals surface area contributed by atoms with Crippen molar-refractivity contribution in [2.75, 3.05) is 5.73 Å². The van der Waals surface area contributed by atoms with Gasteiger partial charge in [-0.1, -0.05) is 0 Å². The molecule has 0 saturated carbocycles. The molecule has 6 heteroatoms. The van der Waals surface area contributed by atoms with Crippen molar-refractivity contribution in [3.8, 4) is 0 Å². The zero-order valence-electron chi connectivity index (χ0n) is 7.28. The maximum absolute atomic E-state index is 13.2. The molecule has 74 valence electrons. The van der Waals surface area contributed by atoms with E-state index in [1.54, 1.807) is 0 Å². The number of nitrogens with zero attached hydrogens (tertiary/aromatic N) is 1. The molecule has 0 atom stereocenters. The Bertz CT molecular complexity index is 382. The van der Waals surface area contributed by atoms with Crippen LogP contribution >= 0.6 is 0 Å². The molecule has 0 amide bonds. The summed E-state index contributed by atoms with van der Waals surface area (Å²) in [6, 6.07) is 1.95. The van der Waals surface area contributed by atoms with Crippen molar-refractivity contribution in [2.24, 2.45) is 0 Å². The number of nitro groups is 1. The molecular weight excluding hydrogens is 191 g/mol. The number of hydrogen-bond acceptors (Lipinski definition) is 4. The minimum Gasteiger partial charge on any atom is -0.399 e. The van der Waals surface area contributed by atoms with Crippen molar-refractivity contribution in [3.05, 3.63) is 33.6 Å². The molecule has 0 aliphatic rings. The van der Waals surface area contributed by atoms with Crippen molar-refractivity contribution in [1.29, 1.82) is 0 Å². The first-order valence-corrected chi connectivity index (χ1v) is 3.68. The van der Waals surface area contributed by atoms with Crippen LogP contribution in [0.15, 0.2) is 12.1 Å². The molecule has 14 heavy (non-hydrogen) atoms. The van der Waals surface area contributed by atoms with Gasteiger partial charge in [0, 0.05) is 11.8 Å². The first-order valence-electron chi connectivity index (χ1n) is 3.68. The molecule has 0 spiro atoms. The van der Waals surface area contributed by atoms with Gasteiger partial charge in [-0.2, -0.15) is 4.39 Å². The van der Waals surface area contributed by atoms with Gasteiger partial charge in [-0.25, -0.2) is 0 Å². The van der Waals surface area contributed by atoms with Crippen molar-refractivity contribution in [1.82, 2.24) is 0 Å². The van der Waals surface area contributed by atoms with Gasteiger partial charge in [0.15, 0.2) is 5.78 Å². The van der Waals surface area contributed by atoms with Gasteiger partial charge in [0.25, 0.3) is 0 Å². The van der Waals surface area contributed by atoms with E-state index in [2.05, 4.69) is 0 Å². The summed E-state index contributed by atoms with van der Waals surface area (Å²) in [6.07, 6.45) is 0. The van der Waals surface area contributed by atoms with Crippen LogP contribution in [0.4, 0.5) is 15.8 Å². The number of anilines is 1. The number of rotatable bonds is 2. The quantitative estimate of drug-likeness (QED) is 0.338. The standard InChI is InChI=1S/C8H7FN2O3/c1-4(12)6-2-5(10)3-7(8(6)9)11(13)14/h2-3H,10H2,1H3. The minimum absolute atomic E-state index is 0.0108. The summed E-state index contributed by atoms with van der Waals surface area (Å²) >= 11 is 0. The topological polar surface area (TPSA) is 86.2 Å². The van der Waals surface area contributed by atoms with Crippen LogP contribution < -0.4 is 5.73 Å². The summed E-state index contributed by atoms with van der Waals surface area (Å²) in [4.78, 5) is 20.3. The molecule has 2 N–H and O–H groups in total. The smallest absolute Gasteiger partial charge is 0.307 e. The van der Waals surface area contributed by atoms with E-state index in [4.69, 9.17) is 5.73 Å². The van der Waals surface area contributed by atoms with Crippen LogP contribution in [0.2, 0.25) is 0 Å². The third-order valence-corrected chi connectivity index (χ3v) is 1.65. The Morgan fingerprint density at radius 2 is 2.14 bits per heavy atom. The highest BCUT2D eigenvalue weighted by Gasteiger charge is 2.21. The molecule has 0 radical (unpaired) electrons. The molecule has 0 fully saturated rings. The van der Waals surface area contributed by atoms with Crippen LogP contribution in [0.25, 0.3) is 0 Å². The molecule has 1 aromatic carbocycles. The minimum atomic E-state index is -1.14. The Morgan fingerprint density at radius 1 is 1.57 bits per heavy atom. The Hall–Kier alpha value is -1.98. The summed E-state index contributed by atoms with van der Waals surface area (Å²) < 4.78 is 13.2. The number of hydrogen-bond donors (Lipinski definition) is 1. The Morgan fingerprint density at radius 3 is 2.57 bits per heavy atom. The van der Waals surface area contributed by atoms with Crippen molar-refractivity contribution < 1.29 is 14.1 Å². The summed E-state index contributed by atoms with van der Waals surface area (Å²) in [5.74, 6) is -1.74. The number of nitrogen functional groups attached to an aromatic ring is 1. The second kappa shape index (κ2) is 3.41. The van der Waals surface area contributed by atoms with Crippen molar-refractivity contribution >= 4 is 17.2 Å². The average Bonchev–Trinajstić information content (AvgIpc) is 2.07. The van der Waals surface area contributed by atoms with Gasteiger partial charge in [0.2, 0.25) is 5.82 Å². The van der Waals surface area contributed by atoms with Gasteiger partial charge in [-0.15, -0.1) is 0 Å². The highest BCUT2D eigenvalue weighted by atomic mass is 19.1. The van der Waals surface area contributed by atoms with Gasteiger partial charge in [-0.3, -0.25) is 14.9 Å². The Labute approximate surface area is 78.5 Å². The lowest BCUT2D eigenvalue weighted by Gasteiger charge is -2.01. The zero-order valence-corrected chi connectivity index (χ0v) is 7.28. The molecule has 0 aliphatic heterocycles. The van der Waals surface area contributed by atoms with Crippen molar-refractivity contribution in [3.63, 3.8) is 0 Å². The predicted octanol–water partition coefficient (Wildman–Crippen LogP) is 1.52. The second-order valence-corrected chi connectivity index (χ2v) is 2.71. The third kappa shape index (κ3) is 1.68. The fourth-order valence-corrected chi connectivity index (χ4v) is 1.02. The van der Waals surface area contributed by atoms with E-state index in [1.807, 2.05) is 0 Å². The SMILES string of the molecule is CC(=O)c1cc(N)cc([N+](=O)[O-])c1F. The lowest BCUT2D eigenvalue weighted by Crippen LogP contribution is -2.03. The average molecular weight is 198 g/mol. The lowest BCUT2D eigenvalue weighted by molar-refractivity contribution is -0.387. The van der Waals surface area contributed by atoms with Gasteiger partial charge in [0.05, 0.1) is 10.5 Å². The van der Waals surface area contributed by atoms with Crippen LogP contribution in [0.3, 0.4) is 0 Å². The van der Waals surface area contributed by atoms with Crippen LogP contribution in [0.1, 0.15) is 17.3 Å². The first kappa shape index (κ1) is 10.1. The maximum atomic E-state index is 13.2. The fraction of sp³-hybridized carbons (Fsp3) is 0.125. The maximum Gasteiger partial charge on any atom is 0.307 e. The van der Waals surface area contributed by atoms with Crippen LogP contribution in [0.5, 0.6) is 0 Å². The van der Waals surface area contributed by atoms with E-state index < -0.39 is 22.2 Å². The molecule has 0 saturated heterocycles. The van der Waals surface area contributed by atoms with E-state index >= 15 is 0 Å². The van der Waals surface area contributed by atoms with Crippen molar-refractivity contribution in [2.45, 2.75) is 6.92 Å². The number of ketones is 1. The predicted molar refractivity (Wildman–Crippen MR) is 47.5 cm³/mol. The van der Waals surface area contributed by atoms with E-state index in [0.717, 1.165) is 19.1 Å². The Kier molecular flexibility index (Phi) is 2.46. The number of benzene rings is 1. The van der Waals surface area contributed by atoms with Gasteiger partial charge in [0.1, 0.15) is 0 Å². The third-order valence-electron chi connectivity index (χ3n) is 1.65. The number of Topliss-reactive ketones (excluding diaryl/α,β-unsaturated/α-hetero) is 1. The molecular formula is C8H7FN2O3. The normalized spacial score (nSPS) is 9.86. The van der Waals surface area contributed by atoms with Crippen LogP contribution in [-0.2, 0) is 0 Å². The molecule has 0 aliphatic carbocycles. The van der Waals surface area contributed by atoms with Crippen LogP contribution in [-0.4, -0.2) is 10.7 Å². The van der Waals surface area contributed by atoms with E-state index in [1.165, 1.54) is 0 Å². The molecule has 1 rings (SSSR count). The molecule has 0 aromatic heterocycles. The van der Waals surface area contributed by atoms with E-state index in [0.29, 0.717) is 0 Å². The number of carbonyl (C=O) groups is 1. The first-order chi connectivity index (χ1) is 6.43. The van der Waals surface area contributed by atoms with E-state index in [9.17, 15) is 19.3 Å². The van der Waals surface area contributed by atoms with Gasteiger partial charge < -0.3 is 5.73 Å². The molecule has 5 nitrogen and oxygen atoms in total. The number of nitrogens with two attached hydrogens (primary N) is 1. The molecule has 0 unspecified atom stereocenters. The molecule has 1 aromatic rings. The van der Waals surface area contributed by atoms with Gasteiger partial charge in [-0.05, 0) is 13.0 Å². The largest absolute Gasteiger partial charge is 0.399 e. The number of halogens is 1. The summed E-state index contributed by atoms with van der Waals surface area (Å²) in [5, 5.41) is 10.3. The summed E-state index contributed by atoms with van der Waals surface area (Å²) in [5.41, 5.74) is 4.12. The number of nitro benzene ring substituents is 1.